The van der Waals surface area contributed by atoms with Gasteiger partial charge in [-0.1, -0.05) is 37.3 Å². The predicted molar refractivity (Wildman–Crippen MR) is 91.9 cm³/mol. The topological polar surface area (TPSA) is 49.0 Å². The van der Waals surface area contributed by atoms with Crippen LogP contribution in [0.1, 0.15) is 26.1 Å². The first kappa shape index (κ1) is 16.2. The van der Waals surface area contributed by atoms with Gasteiger partial charge < -0.3 is 4.98 Å². The summed E-state index contributed by atoms with van der Waals surface area (Å²) in [6.45, 7) is 5.59. The van der Waals surface area contributed by atoms with Crippen LogP contribution in [0.3, 0.4) is 0 Å². The van der Waals surface area contributed by atoms with Crippen LogP contribution in [0.2, 0.25) is 0 Å². The molecule has 116 valence electrons. The van der Waals surface area contributed by atoms with Gasteiger partial charge in [-0.3, -0.25) is 9.69 Å². The maximum atomic E-state index is 12.1. The molecule has 1 aromatic heterocycles. The summed E-state index contributed by atoms with van der Waals surface area (Å²) in [7, 11) is 2.03. The number of hydrogen-bond acceptors (Lipinski definition) is 3. The SMILES string of the molecule is C/C=C(\C=C/CC)CN(C)Cc1nc2ccccc2c(=O)[nH]1. The van der Waals surface area contributed by atoms with Crippen molar-refractivity contribution in [2.45, 2.75) is 26.8 Å². The van der Waals surface area contributed by atoms with Crippen LogP contribution in [0.4, 0.5) is 0 Å². The molecule has 2 aromatic rings. The second kappa shape index (κ2) is 7.71. The van der Waals surface area contributed by atoms with Crippen LogP contribution in [0, 0.1) is 0 Å². The molecule has 0 unspecified atom stereocenters. The van der Waals surface area contributed by atoms with E-state index in [1.165, 1.54) is 5.57 Å². The quantitative estimate of drug-likeness (QED) is 0.833. The minimum absolute atomic E-state index is 0.0777. The lowest BCUT2D eigenvalue weighted by Crippen LogP contribution is -2.23. The number of aromatic nitrogens is 2. The Balaban J connectivity index is 2.13. The molecule has 4 nitrogen and oxygen atoms in total. The molecule has 22 heavy (non-hydrogen) atoms. The first-order valence-corrected chi connectivity index (χ1v) is 7.62. The summed E-state index contributed by atoms with van der Waals surface area (Å²) in [6.07, 6.45) is 7.44. The van der Waals surface area contributed by atoms with Crippen molar-refractivity contribution in [1.29, 1.82) is 0 Å². The lowest BCUT2D eigenvalue weighted by molar-refractivity contribution is 0.348. The van der Waals surface area contributed by atoms with E-state index in [1.807, 2.05) is 32.2 Å². The maximum absolute atomic E-state index is 12.1. The van der Waals surface area contributed by atoms with Crippen molar-refractivity contribution in [2.75, 3.05) is 13.6 Å². The molecule has 0 spiro atoms. The standard InChI is InChI=1S/C18H23N3O/c1-4-6-9-14(5-2)12-21(3)13-17-19-16-11-8-7-10-15(16)18(22)20-17/h5-11H,4,12-13H2,1-3H3,(H,19,20,22)/b9-6-,14-5+. The number of likely N-dealkylation sites (N-methyl/N-ethyl adjacent to an activating group) is 1. The highest BCUT2D eigenvalue weighted by Gasteiger charge is 2.07. The van der Waals surface area contributed by atoms with Crippen LogP contribution >= 0.6 is 0 Å². The number of aromatic amines is 1. The van der Waals surface area contributed by atoms with Gasteiger partial charge in [0, 0.05) is 6.54 Å². The highest BCUT2D eigenvalue weighted by molar-refractivity contribution is 5.77. The van der Waals surface area contributed by atoms with Gasteiger partial charge in [-0.15, -0.1) is 0 Å². The van der Waals surface area contributed by atoms with Crippen LogP contribution in [-0.2, 0) is 6.54 Å². The van der Waals surface area contributed by atoms with Crippen LogP contribution in [-0.4, -0.2) is 28.5 Å². The molecule has 2 rings (SSSR count). The molecular weight excluding hydrogens is 274 g/mol. The monoisotopic (exact) mass is 297 g/mol. The van der Waals surface area contributed by atoms with E-state index in [4.69, 9.17) is 0 Å². The van der Waals surface area contributed by atoms with E-state index in [0.29, 0.717) is 17.8 Å². The van der Waals surface area contributed by atoms with E-state index in [1.54, 1.807) is 6.07 Å². The predicted octanol–water partition coefficient (Wildman–Crippen LogP) is 3.27. The summed E-state index contributed by atoms with van der Waals surface area (Å²) in [4.78, 5) is 21.6. The third-order valence-electron chi connectivity index (χ3n) is 3.47. The molecule has 1 heterocycles. The molecule has 0 aliphatic rings. The Morgan fingerprint density at radius 1 is 1.36 bits per heavy atom. The minimum atomic E-state index is -0.0777. The van der Waals surface area contributed by atoms with Crippen LogP contribution in [0.5, 0.6) is 0 Å². The van der Waals surface area contributed by atoms with Gasteiger partial charge in [0.15, 0.2) is 0 Å². The molecule has 0 saturated heterocycles. The van der Waals surface area contributed by atoms with E-state index in [2.05, 4.69) is 40.0 Å². The van der Waals surface area contributed by atoms with Gasteiger partial charge in [-0.2, -0.15) is 0 Å². The number of benzene rings is 1. The highest BCUT2D eigenvalue weighted by atomic mass is 16.1. The number of hydrogen-bond donors (Lipinski definition) is 1. The molecule has 0 saturated carbocycles. The zero-order valence-electron chi connectivity index (χ0n) is 13.5. The number of fused-ring (bicyclic) bond motifs is 1. The first-order chi connectivity index (χ1) is 10.6. The van der Waals surface area contributed by atoms with Crippen LogP contribution in [0.15, 0.2) is 52.9 Å². The molecule has 0 aliphatic carbocycles. The van der Waals surface area contributed by atoms with E-state index in [0.717, 1.165) is 18.5 Å². The average Bonchev–Trinajstić information content (AvgIpc) is 2.51. The van der Waals surface area contributed by atoms with Crippen molar-refractivity contribution < 1.29 is 0 Å². The number of nitrogens with zero attached hydrogens (tertiary/aromatic N) is 2. The highest BCUT2D eigenvalue weighted by Crippen LogP contribution is 2.08. The molecular formula is C18H23N3O. The second-order valence-electron chi connectivity index (χ2n) is 5.38. The van der Waals surface area contributed by atoms with Gasteiger partial charge >= 0.3 is 0 Å². The number of allylic oxidation sites excluding steroid dienone is 2. The van der Waals surface area contributed by atoms with Crippen molar-refractivity contribution in [3.05, 3.63) is 64.2 Å². The van der Waals surface area contributed by atoms with E-state index >= 15 is 0 Å². The van der Waals surface area contributed by atoms with Crippen LogP contribution < -0.4 is 5.56 Å². The van der Waals surface area contributed by atoms with Gasteiger partial charge in [0.25, 0.3) is 5.56 Å². The summed E-state index contributed by atoms with van der Waals surface area (Å²) in [5, 5.41) is 0.633. The van der Waals surface area contributed by atoms with Gasteiger partial charge in [0.2, 0.25) is 0 Å². The summed E-state index contributed by atoms with van der Waals surface area (Å²) in [5.74, 6) is 0.695. The van der Waals surface area contributed by atoms with Crippen LogP contribution in [0.25, 0.3) is 10.9 Å². The Morgan fingerprint density at radius 3 is 2.86 bits per heavy atom. The Bertz CT molecular complexity index is 743. The second-order valence-corrected chi connectivity index (χ2v) is 5.38. The molecule has 0 fully saturated rings. The van der Waals surface area contributed by atoms with Crippen molar-refractivity contribution in [1.82, 2.24) is 14.9 Å². The summed E-state index contributed by atoms with van der Waals surface area (Å²) in [5.41, 5.74) is 1.92. The van der Waals surface area contributed by atoms with Crippen molar-refractivity contribution in [3.63, 3.8) is 0 Å². The Kier molecular flexibility index (Phi) is 5.67. The third-order valence-corrected chi connectivity index (χ3v) is 3.47. The smallest absolute Gasteiger partial charge is 0.258 e. The van der Waals surface area contributed by atoms with E-state index < -0.39 is 0 Å². The minimum Gasteiger partial charge on any atom is -0.309 e. The Labute approximate surface area is 131 Å². The van der Waals surface area contributed by atoms with Crippen molar-refractivity contribution in [3.8, 4) is 0 Å². The molecule has 0 atom stereocenters. The summed E-state index contributed by atoms with van der Waals surface area (Å²) >= 11 is 0. The molecule has 1 aromatic carbocycles. The molecule has 1 N–H and O–H groups in total. The molecule has 0 amide bonds. The molecule has 0 bridgehead atoms. The number of nitrogens with one attached hydrogen (secondary N) is 1. The summed E-state index contributed by atoms with van der Waals surface area (Å²) < 4.78 is 0. The fourth-order valence-electron chi connectivity index (χ4n) is 2.34. The Morgan fingerprint density at radius 2 is 2.14 bits per heavy atom. The zero-order valence-corrected chi connectivity index (χ0v) is 13.5. The van der Waals surface area contributed by atoms with E-state index in [9.17, 15) is 4.79 Å². The average molecular weight is 297 g/mol. The van der Waals surface area contributed by atoms with Crippen molar-refractivity contribution >= 4 is 10.9 Å². The van der Waals surface area contributed by atoms with Gasteiger partial charge in [-0.05, 0) is 38.1 Å². The molecule has 0 aliphatic heterocycles. The van der Waals surface area contributed by atoms with Gasteiger partial charge in [0.1, 0.15) is 5.82 Å². The Hall–Kier alpha value is -2.20. The molecule has 4 heteroatoms. The van der Waals surface area contributed by atoms with Gasteiger partial charge in [-0.25, -0.2) is 4.98 Å². The third kappa shape index (κ3) is 4.15. The van der Waals surface area contributed by atoms with E-state index in [-0.39, 0.29) is 5.56 Å². The maximum Gasteiger partial charge on any atom is 0.258 e. The lowest BCUT2D eigenvalue weighted by Gasteiger charge is -2.16. The largest absolute Gasteiger partial charge is 0.309 e. The number of H-pyrrole nitrogens is 1. The normalized spacial score (nSPS) is 12.6. The lowest BCUT2D eigenvalue weighted by atomic mass is 10.2. The van der Waals surface area contributed by atoms with Crippen molar-refractivity contribution in [2.24, 2.45) is 0 Å². The zero-order chi connectivity index (χ0) is 15.9. The summed E-state index contributed by atoms with van der Waals surface area (Å²) in [6, 6.07) is 7.41. The fraction of sp³-hybridized carbons (Fsp3) is 0.333. The molecule has 0 radical (unpaired) electrons. The number of para-hydroxylation sites is 1. The number of rotatable bonds is 6. The van der Waals surface area contributed by atoms with Gasteiger partial charge in [0.05, 0.1) is 17.4 Å². The fourth-order valence-corrected chi connectivity index (χ4v) is 2.34. The first-order valence-electron chi connectivity index (χ1n) is 7.62.